The normalized spacial score (nSPS) is 11.1. The third kappa shape index (κ3) is 4.29. The zero-order valence-electron chi connectivity index (χ0n) is 15.9. The highest BCUT2D eigenvalue weighted by atomic mass is 35.5. The van der Waals surface area contributed by atoms with Gasteiger partial charge in [0.05, 0.1) is 21.7 Å². The van der Waals surface area contributed by atoms with E-state index in [0.717, 1.165) is 29.4 Å². The number of phenols is 1. The number of carbonyl (C=O) groups is 1. The molecule has 0 spiro atoms. The number of phenolic OH excluding ortho intramolecular Hbond substituents is 1. The van der Waals surface area contributed by atoms with Gasteiger partial charge in [-0.05, 0) is 50.2 Å². The van der Waals surface area contributed by atoms with Crippen LogP contribution in [0.5, 0.6) is 5.75 Å². The summed E-state index contributed by atoms with van der Waals surface area (Å²) in [6, 6.07) is 11.3. The maximum Gasteiger partial charge on any atom is 0.312 e. The van der Waals surface area contributed by atoms with Gasteiger partial charge in [-0.3, -0.25) is 14.9 Å². The highest BCUT2D eigenvalue weighted by molar-refractivity contribution is 6.34. The van der Waals surface area contributed by atoms with E-state index >= 15 is 0 Å². The Hall–Kier alpha value is -3.36. The number of hydrogen-bond donors (Lipinski definition) is 2. The largest absolute Gasteiger partial charge is 0.502 e. The van der Waals surface area contributed by atoms with Crippen LogP contribution < -0.4 is 5.43 Å². The molecule has 0 atom stereocenters. The van der Waals surface area contributed by atoms with Gasteiger partial charge in [0, 0.05) is 33.7 Å². The minimum atomic E-state index is -0.771. The van der Waals surface area contributed by atoms with Crippen LogP contribution in [-0.4, -0.2) is 26.7 Å². The molecule has 0 saturated heterocycles. The minimum Gasteiger partial charge on any atom is -0.502 e. The molecule has 0 unspecified atom stereocenters. The van der Waals surface area contributed by atoms with Gasteiger partial charge in [0.25, 0.3) is 5.91 Å². The van der Waals surface area contributed by atoms with Gasteiger partial charge in [0.1, 0.15) is 0 Å². The first-order valence-electron chi connectivity index (χ1n) is 8.64. The molecule has 0 fully saturated rings. The van der Waals surface area contributed by atoms with Crippen molar-refractivity contribution >= 4 is 41.0 Å². The van der Waals surface area contributed by atoms with Crippen LogP contribution in [-0.2, 0) is 0 Å². The number of rotatable bonds is 5. The second-order valence-corrected chi connectivity index (χ2v) is 7.28. The topological polar surface area (TPSA) is 110 Å². The predicted octanol–water partition coefficient (Wildman–Crippen LogP) is 4.78. The molecule has 2 aromatic carbocycles. The van der Waals surface area contributed by atoms with E-state index < -0.39 is 22.3 Å². The zero-order chi connectivity index (χ0) is 22.0. The maximum absolute atomic E-state index is 12.4. The molecule has 1 amide bonds. The third-order valence-electron chi connectivity index (χ3n) is 4.38. The molecule has 3 rings (SSSR count). The molecule has 3 aromatic rings. The van der Waals surface area contributed by atoms with Gasteiger partial charge in [-0.2, -0.15) is 5.10 Å². The van der Waals surface area contributed by atoms with Crippen molar-refractivity contribution < 1.29 is 14.8 Å². The van der Waals surface area contributed by atoms with Gasteiger partial charge in [-0.15, -0.1) is 0 Å². The predicted molar refractivity (Wildman–Crippen MR) is 115 cm³/mol. The molecular weight excluding hydrogens is 431 g/mol. The molecule has 30 heavy (non-hydrogen) atoms. The monoisotopic (exact) mass is 446 g/mol. The standard InChI is InChI=1S/C20H16Cl2N4O4/c1-11-3-4-12(2)25(11)15-5-6-16(17(22)9-15)20(28)24-23-10-13-7-14(21)8-18(19(13)27)26(29)30/h3-10,27H,1-2H3,(H,24,28). The summed E-state index contributed by atoms with van der Waals surface area (Å²) in [4.78, 5) is 22.6. The number of nitrogens with one attached hydrogen (secondary N) is 1. The molecule has 1 heterocycles. The van der Waals surface area contributed by atoms with Crippen molar-refractivity contribution in [3.63, 3.8) is 0 Å². The lowest BCUT2D eigenvalue weighted by Crippen LogP contribution is -2.18. The van der Waals surface area contributed by atoms with Gasteiger partial charge in [-0.25, -0.2) is 5.43 Å². The molecule has 1 aromatic heterocycles. The number of hydrogen-bond acceptors (Lipinski definition) is 5. The Morgan fingerprint density at radius 3 is 2.43 bits per heavy atom. The number of carbonyl (C=O) groups excluding carboxylic acids is 1. The highest BCUT2D eigenvalue weighted by Crippen LogP contribution is 2.32. The molecule has 0 saturated carbocycles. The van der Waals surface area contributed by atoms with Crippen molar-refractivity contribution in [1.29, 1.82) is 0 Å². The number of aryl methyl sites for hydroxylation is 2. The van der Waals surface area contributed by atoms with Crippen molar-refractivity contribution in [2.75, 3.05) is 0 Å². The van der Waals surface area contributed by atoms with Crippen LogP contribution in [0, 0.1) is 24.0 Å². The van der Waals surface area contributed by atoms with Crippen molar-refractivity contribution in [2.45, 2.75) is 13.8 Å². The summed E-state index contributed by atoms with van der Waals surface area (Å²) >= 11 is 12.1. The summed E-state index contributed by atoms with van der Waals surface area (Å²) in [5, 5.41) is 24.9. The Kier molecular flexibility index (Phi) is 6.09. The minimum absolute atomic E-state index is 0.0190. The van der Waals surface area contributed by atoms with Gasteiger partial charge >= 0.3 is 5.69 Å². The lowest BCUT2D eigenvalue weighted by atomic mass is 10.2. The van der Waals surface area contributed by atoms with Gasteiger partial charge in [0.15, 0.2) is 0 Å². The third-order valence-corrected chi connectivity index (χ3v) is 4.91. The molecule has 0 aliphatic carbocycles. The average Bonchev–Trinajstić information content (AvgIpc) is 3.02. The zero-order valence-corrected chi connectivity index (χ0v) is 17.4. The first-order valence-corrected chi connectivity index (χ1v) is 9.40. The van der Waals surface area contributed by atoms with Crippen molar-refractivity contribution in [3.05, 3.63) is 85.1 Å². The number of aromatic hydroxyl groups is 1. The van der Waals surface area contributed by atoms with E-state index in [1.54, 1.807) is 18.2 Å². The van der Waals surface area contributed by atoms with Crippen LogP contribution in [0.4, 0.5) is 5.69 Å². The molecule has 0 bridgehead atoms. The van der Waals surface area contributed by atoms with Crippen LogP contribution in [0.25, 0.3) is 5.69 Å². The van der Waals surface area contributed by atoms with Gasteiger partial charge in [-0.1, -0.05) is 23.2 Å². The van der Waals surface area contributed by atoms with E-state index in [9.17, 15) is 20.0 Å². The van der Waals surface area contributed by atoms with Gasteiger partial charge < -0.3 is 9.67 Å². The molecule has 2 N–H and O–H groups in total. The van der Waals surface area contributed by atoms with Crippen LogP contribution >= 0.6 is 23.2 Å². The van der Waals surface area contributed by atoms with Crippen LogP contribution in [0.3, 0.4) is 0 Å². The van der Waals surface area contributed by atoms with E-state index in [1.807, 2.05) is 30.5 Å². The number of halogens is 2. The molecular formula is C20H16Cl2N4O4. The molecule has 0 aliphatic heterocycles. The van der Waals surface area contributed by atoms with Crippen LogP contribution in [0.2, 0.25) is 10.0 Å². The Morgan fingerprint density at radius 1 is 1.17 bits per heavy atom. The number of amides is 1. The molecule has 10 heteroatoms. The summed E-state index contributed by atoms with van der Waals surface area (Å²) < 4.78 is 2.00. The Balaban J connectivity index is 1.80. The molecule has 0 aliphatic rings. The summed E-state index contributed by atoms with van der Waals surface area (Å²) in [6.45, 7) is 3.93. The first kappa shape index (κ1) is 21.4. The SMILES string of the molecule is Cc1ccc(C)n1-c1ccc(C(=O)NN=Cc2cc(Cl)cc([N+](=O)[O-])c2O)c(Cl)c1. The maximum atomic E-state index is 12.4. The summed E-state index contributed by atoms with van der Waals surface area (Å²) in [7, 11) is 0. The summed E-state index contributed by atoms with van der Waals surface area (Å²) in [6.07, 6.45) is 1.06. The average molecular weight is 447 g/mol. The van der Waals surface area contributed by atoms with E-state index in [2.05, 4.69) is 10.5 Å². The van der Waals surface area contributed by atoms with Crippen molar-refractivity contribution in [1.82, 2.24) is 9.99 Å². The van der Waals surface area contributed by atoms with E-state index in [1.165, 1.54) is 6.07 Å². The number of aromatic nitrogens is 1. The second-order valence-electron chi connectivity index (χ2n) is 6.43. The lowest BCUT2D eigenvalue weighted by Gasteiger charge is -2.11. The lowest BCUT2D eigenvalue weighted by molar-refractivity contribution is -0.385. The Bertz CT molecular complexity index is 1170. The summed E-state index contributed by atoms with van der Waals surface area (Å²) in [5.41, 5.74) is 4.76. The number of benzene rings is 2. The fraction of sp³-hybridized carbons (Fsp3) is 0.100. The smallest absolute Gasteiger partial charge is 0.312 e. The number of nitrogens with zero attached hydrogens (tertiary/aromatic N) is 3. The van der Waals surface area contributed by atoms with Gasteiger partial charge in [0.2, 0.25) is 5.75 Å². The Morgan fingerprint density at radius 2 is 1.83 bits per heavy atom. The van der Waals surface area contributed by atoms with E-state index in [4.69, 9.17) is 23.2 Å². The van der Waals surface area contributed by atoms with Crippen molar-refractivity contribution in [2.24, 2.45) is 5.10 Å². The summed E-state index contributed by atoms with van der Waals surface area (Å²) in [5.74, 6) is -1.19. The van der Waals surface area contributed by atoms with Crippen molar-refractivity contribution in [3.8, 4) is 11.4 Å². The highest BCUT2D eigenvalue weighted by Gasteiger charge is 2.18. The quantitative estimate of drug-likeness (QED) is 0.333. The fourth-order valence-corrected chi connectivity index (χ4v) is 3.45. The molecule has 154 valence electrons. The molecule has 0 radical (unpaired) electrons. The second kappa shape index (κ2) is 8.56. The Labute approximate surface area is 181 Å². The number of hydrazone groups is 1. The fourth-order valence-electron chi connectivity index (χ4n) is 2.97. The number of nitro groups is 1. The number of nitro benzene ring substituents is 1. The van der Waals surface area contributed by atoms with Crippen LogP contribution in [0.1, 0.15) is 27.3 Å². The molecule has 8 nitrogen and oxygen atoms in total. The van der Waals surface area contributed by atoms with E-state index in [0.29, 0.717) is 0 Å². The van der Waals surface area contributed by atoms with Crippen LogP contribution in [0.15, 0.2) is 47.6 Å². The first-order chi connectivity index (χ1) is 14.2. The van der Waals surface area contributed by atoms with E-state index in [-0.39, 0.29) is 21.2 Å².